The van der Waals surface area contributed by atoms with E-state index in [9.17, 15) is 0 Å². The molecule has 0 aliphatic carbocycles. The van der Waals surface area contributed by atoms with Crippen LogP contribution >= 0.6 is 0 Å². The highest BCUT2D eigenvalue weighted by Gasteiger charge is 2.01. The van der Waals surface area contributed by atoms with E-state index in [2.05, 4.69) is 66.5 Å². The van der Waals surface area contributed by atoms with Gasteiger partial charge in [-0.1, -0.05) is 42.5 Å². The summed E-state index contributed by atoms with van der Waals surface area (Å²) in [6.45, 7) is 1.74. The Hall–Kier alpha value is -1.80. The molecule has 0 radical (unpaired) electrons. The van der Waals surface area contributed by atoms with Crippen LogP contribution in [-0.4, -0.2) is 20.1 Å². The van der Waals surface area contributed by atoms with Crippen molar-refractivity contribution >= 4 is 5.69 Å². The number of likely N-dealkylation sites (N-methyl/N-ethyl adjacent to an activating group) is 1. The second kappa shape index (κ2) is 6.95. The first kappa shape index (κ1) is 13.6. The molecule has 100 valence electrons. The van der Waals surface area contributed by atoms with Crippen LogP contribution in [0.3, 0.4) is 0 Å². The lowest BCUT2D eigenvalue weighted by atomic mass is 10.1. The molecule has 0 heterocycles. The Morgan fingerprint density at radius 2 is 1.47 bits per heavy atom. The normalized spacial score (nSPS) is 10.4. The molecule has 2 N–H and O–H groups in total. The molecule has 2 aromatic carbocycles. The highest BCUT2D eigenvalue weighted by Crippen LogP contribution is 2.14. The van der Waals surface area contributed by atoms with E-state index >= 15 is 0 Å². The first-order valence-electron chi connectivity index (χ1n) is 6.83. The third-order valence-electron chi connectivity index (χ3n) is 3.39. The predicted molar refractivity (Wildman–Crippen MR) is 82.6 cm³/mol. The zero-order chi connectivity index (χ0) is 13.5. The first-order chi connectivity index (χ1) is 9.29. The zero-order valence-electron chi connectivity index (χ0n) is 11.5. The SMILES string of the molecule is CN(CCc1ccccc1)c1ccc(CCN)cc1. The van der Waals surface area contributed by atoms with Crippen LogP contribution in [0.15, 0.2) is 54.6 Å². The van der Waals surface area contributed by atoms with Crippen molar-refractivity contribution in [3.8, 4) is 0 Å². The van der Waals surface area contributed by atoms with Crippen LogP contribution in [0.5, 0.6) is 0 Å². The minimum atomic E-state index is 0.712. The van der Waals surface area contributed by atoms with Gasteiger partial charge in [0.2, 0.25) is 0 Å². The third kappa shape index (κ3) is 4.11. The second-order valence-corrected chi connectivity index (χ2v) is 4.86. The number of nitrogens with zero attached hydrogens (tertiary/aromatic N) is 1. The van der Waals surface area contributed by atoms with Crippen LogP contribution in [0.4, 0.5) is 5.69 Å². The van der Waals surface area contributed by atoms with Crippen molar-refractivity contribution in [3.63, 3.8) is 0 Å². The van der Waals surface area contributed by atoms with Gasteiger partial charge < -0.3 is 10.6 Å². The maximum Gasteiger partial charge on any atom is 0.0363 e. The zero-order valence-corrected chi connectivity index (χ0v) is 11.5. The van der Waals surface area contributed by atoms with Crippen LogP contribution in [0.25, 0.3) is 0 Å². The number of anilines is 1. The van der Waals surface area contributed by atoms with Crippen molar-refractivity contribution in [3.05, 3.63) is 65.7 Å². The summed E-state index contributed by atoms with van der Waals surface area (Å²) in [5.74, 6) is 0. The number of hydrogen-bond acceptors (Lipinski definition) is 2. The molecule has 0 atom stereocenters. The van der Waals surface area contributed by atoms with E-state index in [1.807, 2.05) is 0 Å². The smallest absolute Gasteiger partial charge is 0.0363 e. The Kier molecular flexibility index (Phi) is 4.99. The molecule has 0 amide bonds. The molecule has 0 unspecified atom stereocenters. The highest BCUT2D eigenvalue weighted by atomic mass is 15.1. The molecule has 2 rings (SSSR count). The van der Waals surface area contributed by atoms with Gasteiger partial charge in [-0.05, 0) is 42.6 Å². The molecule has 0 spiro atoms. The second-order valence-electron chi connectivity index (χ2n) is 4.86. The van der Waals surface area contributed by atoms with Crippen molar-refractivity contribution in [2.75, 3.05) is 25.0 Å². The molecule has 2 nitrogen and oxygen atoms in total. The molecule has 2 aromatic rings. The lowest BCUT2D eigenvalue weighted by Gasteiger charge is -2.19. The molecule has 0 saturated heterocycles. The minimum Gasteiger partial charge on any atom is -0.374 e. The Morgan fingerprint density at radius 1 is 0.842 bits per heavy atom. The highest BCUT2D eigenvalue weighted by molar-refractivity contribution is 5.47. The van der Waals surface area contributed by atoms with Gasteiger partial charge >= 0.3 is 0 Å². The predicted octanol–water partition coefficient (Wildman–Crippen LogP) is 2.87. The van der Waals surface area contributed by atoms with Crippen LogP contribution in [0.1, 0.15) is 11.1 Å². The fourth-order valence-electron chi connectivity index (χ4n) is 2.15. The van der Waals surface area contributed by atoms with Gasteiger partial charge in [-0.2, -0.15) is 0 Å². The van der Waals surface area contributed by atoms with E-state index in [0.717, 1.165) is 19.4 Å². The van der Waals surface area contributed by atoms with E-state index < -0.39 is 0 Å². The van der Waals surface area contributed by atoms with Gasteiger partial charge in [0.1, 0.15) is 0 Å². The van der Waals surface area contributed by atoms with Crippen molar-refractivity contribution in [1.82, 2.24) is 0 Å². The third-order valence-corrected chi connectivity index (χ3v) is 3.39. The summed E-state index contributed by atoms with van der Waals surface area (Å²) in [6.07, 6.45) is 2.02. The molecule has 0 aliphatic rings. The summed E-state index contributed by atoms with van der Waals surface area (Å²) in [7, 11) is 2.14. The standard InChI is InChI=1S/C17H22N2/c1-19(14-12-15-5-3-2-4-6-15)17-9-7-16(8-10-17)11-13-18/h2-10H,11-14,18H2,1H3. The van der Waals surface area contributed by atoms with Gasteiger partial charge in [0.25, 0.3) is 0 Å². The number of rotatable bonds is 6. The summed E-state index contributed by atoms with van der Waals surface area (Å²) < 4.78 is 0. The monoisotopic (exact) mass is 254 g/mol. The molecule has 0 fully saturated rings. The average molecular weight is 254 g/mol. The molecule has 0 saturated carbocycles. The Bertz CT molecular complexity index is 476. The summed E-state index contributed by atoms with van der Waals surface area (Å²) in [5, 5.41) is 0. The van der Waals surface area contributed by atoms with E-state index in [0.29, 0.717) is 6.54 Å². The van der Waals surface area contributed by atoms with Gasteiger partial charge in [0, 0.05) is 19.3 Å². The van der Waals surface area contributed by atoms with Crippen LogP contribution < -0.4 is 10.6 Å². The topological polar surface area (TPSA) is 29.3 Å². The van der Waals surface area contributed by atoms with Gasteiger partial charge in [-0.25, -0.2) is 0 Å². The lowest BCUT2D eigenvalue weighted by molar-refractivity contribution is 0.875. The fourth-order valence-corrected chi connectivity index (χ4v) is 2.15. The van der Waals surface area contributed by atoms with Crippen LogP contribution in [-0.2, 0) is 12.8 Å². The van der Waals surface area contributed by atoms with Crippen molar-refractivity contribution in [2.45, 2.75) is 12.8 Å². The number of hydrogen-bond donors (Lipinski definition) is 1. The maximum absolute atomic E-state index is 5.56. The quantitative estimate of drug-likeness (QED) is 0.859. The van der Waals surface area contributed by atoms with E-state index in [1.54, 1.807) is 0 Å². The Balaban J connectivity index is 1.90. The molecule has 19 heavy (non-hydrogen) atoms. The van der Waals surface area contributed by atoms with E-state index in [4.69, 9.17) is 5.73 Å². The Morgan fingerprint density at radius 3 is 2.11 bits per heavy atom. The van der Waals surface area contributed by atoms with Crippen molar-refractivity contribution in [1.29, 1.82) is 0 Å². The van der Waals surface area contributed by atoms with Crippen LogP contribution in [0, 0.1) is 0 Å². The van der Waals surface area contributed by atoms with E-state index in [1.165, 1.54) is 16.8 Å². The largest absolute Gasteiger partial charge is 0.374 e. The number of benzene rings is 2. The summed E-state index contributed by atoms with van der Waals surface area (Å²) >= 11 is 0. The molecule has 0 aromatic heterocycles. The minimum absolute atomic E-state index is 0.712. The number of nitrogens with two attached hydrogens (primary N) is 1. The molecule has 0 aliphatic heterocycles. The summed E-state index contributed by atoms with van der Waals surface area (Å²) in [5.41, 5.74) is 9.51. The van der Waals surface area contributed by atoms with Gasteiger partial charge in [0.15, 0.2) is 0 Å². The van der Waals surface area contributed by atoms with Crippen LogP contribution in [0.2, 0.25) is 0 Å². The molecule has 2 heteroatoms. The van der Waals surface area contributed by atoms with E-state index in [-0.39, 0.29) is 0 Å². The van der Waals surface area contributed by atoms with Gasteiger partial charge in [-0.3, -0.25) is 0 Å². The van der Waals surface area contributed by atoms with Gasteiger partial charge in [0.05, 0.1) is 0 Å². The summed E-state index contributed by atoms with van der Waals surface area (Å²) in [4.78, 5) is 2.29. The summed E-state index contributed by atoms with van der Waals surface area (Å²) in [6, 6.07) is 19.3. The Labute approximate surface area is 115 Å². The van der Waals surface area contributed by atoms with Crippen molar-refractivity contribution in [2.24, 2.45) is 5.73 Å². The molecule has 0 bridgehead atoms. The lowest BCUT2D eigenvalue weighted by Crippen LogP contribution is -2.20. The molecular weight excluding hydrogens is 232 g/mol. The van der Waals surface area contributed by atoms with Crippen molar-refractivity contribution < 1.29 is 0 Å². The maximum atomic E-state index is 5.56. The van der Waals surface area contributed by atoms with Gasteiger partial charge in [-0.15, -0.1) is 0 Å². The first-order valence-corrected chi connectivity index (χ1v) is 6.83. The molecular formula is C17H22N2. The fraction of sp³-hybridized carbons (Fsp3) is 0.294. The average Bonchev–Trinajstić information content (AvgIpc) is 2.47.